The first kappa shape index (κ1) is 13.7. The highest BCUT2D eigenvalue weighted by Crippen LogP contribution is 2.22. The fourth-order valence-electron chi connectivity index (χ4n) is 2.32. The van der Waals surface area contributed by atoms with E-state index in [0.717, 1.165) is 0 Å². The molecule has 0 atom stereocenters. The molecule has 76 valence electrons. The van der Waals surface area contributed by atoms with E-state index in [4.69, 9.17) is 59.3 Å². The van der Waals surface area contributed by atoms with Crippen molar-refractivity contribution in [1.29, 1.82) is 0 Å². The van der Waals surface area contributed by atoms with Crippen molar-refractivity contribution in [3.8, 4) is 0 Å². The number of benzene rings is 2. The van der Waals surface area contributed by atoms with E-state index in [1.807, 2.05) is 0 Å². The Morgan fingerprint density at radius 3 is 1.80 bits per heavy atom. The molecule has 14 radical (unpaired) electrons. The summed E-state index contributed by atoms with van der Waals surface area (Å²) < 4.78 is 5.66. The van der Waals surface area contributed by atoms with Crippen LogP contribution in [0.2, 0.25) is 0 Å². The molecule has 2 aromatic carbocycles. The molecule has 8 heteroatoms. The molecule has 0 aliphatic heterocycles. The SMILES string of the molecule is [B]c1cc2oc3c([B])c([B])c([B])c([B])c3c2c([B])c1[B]. The summed E-state index contributed by atoms with van der Waals surface area (Å²) in [6, 6.07) is 1.56. The lowest BCUT2D eigenvalue weighted by Crippen LogP contribution is -2.47. The van der Waals surface area contributed by atoms with E-state index in [1.54, 1.807) is 6.07 Å². The van der Waals surface area contributed by atoms with Crippen LogP contribution in [0.15, 0.2) is 10.5 Å². The number of hydrogen-bond acceptors (Lipinski definition) is 1. The second-order valence-electron chi connectivity index (χ2n) is 4.63. The normalized spacial score (nSPS) is 11.4. The largest absolute Gasteiger partial charge is 0.457 e. The summed E-state index contributed by atoms with van der Waals surface area (Å²) in [5.74, 6) is 0. The predicted molar refractivity (Wildman–Crippen MR) is 91.4 cm³/mol. The first-order chi connectivity index (χ1) is 9.34. The molecule has 0 aliphatic rings. The van der Waals surface area contributed by atoms with Gasteiger partial charge in [0.2, 0.25) is 0 Å². The average Bonchev–Trinajstić information content (AvgIpc) is 2.79. The second kappa shape index (κ2) is 4.34. The fourth-order valence-corrected chi connectivity index (χ4v) is 2.32. The summed E-state index contributed by atoms with van der Waals surface area (Å²) in [5.41, 5.74) is 2.41. The molecule has 0 amide bonds. The average molecular weight is 237 g/mol. The van der Waals surface area contributed by atoms with E-state index in [9.17, 15) is 0 Å². The van der Waals surface area contributed by atoms with Gasteiger partial charge in [0.25, 0.3) is 0 Å². The number of hydrogen-bond donors (Lipinski definition) is 0. The van der Waals surface area contributed by atoms with Gasteiger partial charge in [0.1, 0.15) is 66.1 Å². The third-order valence-corrected chi connectivity index (χ3v) is 3.48. The van der Waals surface area contributed by atoms with Crippen LogP contribution < -0.4 is 38.2 Å². The quantitative estimate of drug-likeness (QED) is 0.357. The molecule has 0 N–H and O–H groups in total. The topological polar surface area (TPSA) is 13.1 Å². The molecule has 3 aromatic rings. The van der Waals surface area contributed by atoms with Crippen molar-refractivity contribution >= 4 is 115 Å². The molecule has 20 heavy (non-hydrogen) atoms. The third kappa shape index (κ3) is 1.60. The molecular weight excluding hydrogens is 236 g/mol. The first-order valence-corrected chi connectivity index (χ1v) is 5.76. The van der Waals surface area contributed by atoms with Crippen molar-refractivity contribution in [2.45, 2.75) is 0 Å². The van der Waals surface area contributed by atoms with Crippen LogP contribution >= 0.6 is 0 Å². The zero-order valence-corrected chi connectivity index (χ0v) is 10.5. The maximum atomic E-state index is 6.01. The van der Waals surface area contributed by atoms with Gasteiger partial charge in [-0.15, -0.1) is 21.9 Å². The molecule has 0 saturated carbocycles. The van der Waals surface area contributed by atoms with Gasteiger partial charge in [-0.3, -0.25) is 0 Å². The minimum Gasteiger partial charge on any atom is -0.457 e. The van der Waals surface area contributed by atoms with Crippen LogP contribution in [-0.4, -0.2) is 54.9 Å². The van der Waals surface area contributed by atoms with Crippen molar-refractivity contribution in [1.82, 2.24) is 0 Å². The third-order valence-electron chi connectivity index (χ3n) is 3.48. The van der Waals surface area contributed by atoms with Gasteiger partial charge in [0.15, 0.2) is 0 Å². The predicted octanol–water partition coefficient (Wildman–Crippen LogP) is -4.86. The monoisotopic (exact) mass is 238 g/mol. The highest BCUT2D eigenvalue weighted by Gasteiger charge is 2.17. The van der Waals surface area contributed by atoms with Crippen LogP contribution in [0.5, 0.6) is 0 Å². The fraction of sp³-hybridized carbons (Fsp3) is 0. The molecule has 0 spiro atoms. The van der Waals surface area contributed by atoms with Gasteiger partial charge in [-0.05, 0) is 6.07 Å². The summed E-state index contributed by atoms with van der Waals surface area (Å²) in [5, 5.41) is 1.02. The van der Waals surface area contributed by atoms with Crippen LogP contribution in [0.25, 0.3) is 21.9 Å². The molecule has 0 unspecified atom stereocenters. The zero-order valence-electron chi connectivity index (χ0n) is 10.5. The van der Waals surface area contributed by atoms with E-state index >= 15 is 0 Å². The van der Waals surface area contributed by atoms with Gasteiger partial charge >= 0.3 is 0 Å². The molecular formula is C12HB7O. The second-order valence-corrected chi connectivity index (χ2v) is 4.63. The zero-order chi connectivity index (χ0) is 14.8. The van der Waals surface area contributed by atoms with Crippen LogP contribution in [0.3, 0.4) is 0 Å². The molecule has 0 aliphatic carbocycles. The Hall–Kier alpha value is -1.31. The lowest BCUT2D eigenvalue weighted by molar-refractivity contribution is 0.672. The Morgan fingerprint density at radius 1 is 0.600 bits per heavy atom. The first-order valence-electron chi connectivity index (χ1n) is 5.76. The maximum absolute atomic E-state index is 6.01. The Balaban J connectivity index is 2.69. The Morgan fingerprint density at radius 2 is 1.15 bits per heavy atom. The highest BCUT2D eigenvalue weighted by atomic mass is 16.3. The summed E-state index contributed by atoms with van der Waals surface area (Å²) in [4.78, 5) is 0. The minimum atomic E-state index is 0.175. The smallest absolute Gasteiger partial charge is 0.134 e. The molecule has 1 nitrogen and oxygen atoms in total. The van der Waals surface area contributed by atoms with Crippen LogP contribution in [-0.2, 0) is 0 Å². The number of furan rings is 1. The van der Waals surface area contributed by atoms with E-state index in [1.165, 1.54) is 0 Å². The van der Waals surface area contributed by atoms with Gasteiger partial charge in [-0.2, -0.15) is 0 Å². The van der Waals surface area contributed by atoms with Crippen molar-refractivity contribution in [3.63, 3.8) is 0 Å². The van der Waals surface area contributed by atoms with Gasteiger partial charge in [-0.25, -0.2) is 0 Å². The lowest BCUT2D eigenvalue weighted by atomic mass is 9.64. The standard InChI is InChI=1S/C12HB7O/c13-2-1-3-4(7(15)6(2)14)5-8(16)9(17)10(18)11(19)12(5)20-3/h1H. The number of rotatable bonds is 0. The van der Waals surface area contributed by atoms with Crippen molar-refractivity contribution in [2.24, 2.45) is 0 Å². The van der Waals surface area contributed by atoms with Crippen molar-refractivity contribution in [2.75, 3.05) is 0 Å². The van der Waals surface area contributed by atoms with E-state index in [-0.39, 0.29) is 32.8 Å². The maximum Gasteiger partial charge on any atom is 0.134 e. The Labute approximate surface area is 126 Å². The molecule has 0 fully saturated rings. The molecule has 0 bridgehead atoms. The van der Waals surface area contributed by atoms with Crippen molar-refractivity contribution < 1.29 is 4.42 Å². The molecule has 3 rings (SSSR count). The Bertz CT molecular complexity index is 881. The minimum absolute atomic E-state index is 0.175. The van der Waals surface area contributed by atoms with Gasteiger partial charge in [-0.1, -0.05) is 16.4 Å². The van der Waals surface area contributed by atoms with Gasteiger partial charge in [0, 0.05) is 10.8 Å². The summed E-state index contributed by atoms with van der Waals surface area (Å²) >= 11 is 0. The van der Waals surface area contributed by atoms with Crippen LogP contribution in [0.1, 0.15) is 0 Å². The Kier molecular flexibility index (Phi) is 2.97. The van der Waals surface area contributed by atoms with Gasteiger partial charge < -0.3 is 4.42 Å². The van der Waals surface area contributed by atoms with Crippen LogP contribution in [0.4, 0.5) is 0 Å². The van der Waals surface area contributed by atoms with E-state index < -0.39 is 0 Å². The highest BCUT2D eigenvalue weighted by molar-refractivity contribution is 6.68. The lowest BCUT2D eigenvalue weighted by Gasteiger charge is -2.13. The summed E-state index contributed by atoms with van der Waals surface area (Å²) in [7, 11) is 41.2. The molecule has 0 saturated heterocycles. The number of fused-ring (bicyclic) bond motifs is 3. The van der Waals surface area contributed by atoms with E-state index in [2.05, 4.69) is 0 Å². The van der Waals surface area contributed by atoms with E-state index in [0.29, 0.717) is 27.4 Å². The molecule has 1 aromatic heterocycles. The van der Waals surface area contributed by atoms with Gasteiger partial charge in [0.05, 0.1) is 0 Å². The molecule has 1 heterocycles. The summed E-state index contributed by atoms with van der Waals surface area (Å²) in [6.07, 6.45) is 0. The van der Waals surface area contributed by atoms with Crippen LogP contribution in [0, 0.1) is 0 Å². The summed E-state index contributed by atoms with van der Waals surface area (Å²) in [6.45, 7) is 0. The van der Waals surface area contributed by atoms with Crippen molar-refractivity contribution in [3.05, 3.63) is 6.07 Å².